The van der Waals surface area contributed by atoms with Crippen molar-refractivity contribution in [2.24, 2.45) is 0 Å². The fourth-order valence-corrected chi connectivity index (χ4v) is 3.57. The molecule has 0 aromatic heterocycles. The molecule has 6 nitrogen and oxygen atoms in total. The smallest absolute Gasteiger partial charge is 0.414 e. The summed E-state index contributed by atoms with van der Waals surface area (Å²) < 4.78 is 5.28. The second-order valence-corrected chi connectivity index (χ2v) is 6.66. The number of rotatable bonds is 2. The van der Waals surface area contributed by atoms with Crippen LogP contribution in [0.2, 0.25) is 0 Å². The number of amides is 2. The third-order valence-corrected chi connectivity index (χ3v) is 4.88. The molecule has 1 N–H and O–H groups in total. The van der Waals surface area contributed by atoms with Crippen LogP contribution < -0.4 is 10.2 Å². The molecule has 4 rings (SSSR count). The van der Waals surface area contributed by atoms with E-state index in [-0.39, 0.29) is 18.0 Å². The molecule has 2 aromatic rings. The van der Waals surface area contributed by atoms with Crippen molar-refractivity contribution in [3.8, 4) is 0 Å². The first-order valence-electron chi connectivity index (χ1n) is 9.03. The van der Waals surface area contributed by atoms with Crippen LogP contribution in [0.25, 0.3) is 6.08 Å². The average Bonchev–Trinajstić information content (AvgIpc) is 2.83. The van der Waals surface area contributed by atoms with Gasteiger partial charge in [0.1, 0.15) is 0 Å². The Hall–Kier alpha value is -3.28. The highest BCUT2D eigenvalue weighted by Gasteiger charge is 2.34. The van der Waals surface area contributed by atoms with Gasteiger partial charge in [0.2, 0.25) is 5.91 Å². The molecule has 0 bridgehead atoms. The molecule has 0 saturated carbocycles. The van der Waals surface area contributed by atoms with Crippen LogP contribution in [0.1, 0.15) is 12.0 Å². The number of carbonyl (C=O) groups is 2. The molecule has 1 fully saturated rings. The number of nitrogens with zero attached hydrogens (tertiary/aromatic N) is 2. The van der Waals surface area contributed by atoms with Crippen molar-refractivity contribution < 1.29 is 14.3 Å². The van der Waals surface area contributed by atoms with Gasteiger partial charge in [-0.3, -0.25) is 4.79 Å². The van der Waals surface area contributed by atoms with Gasteiger partial charge < -0.3 is 19.9 Å². The number of anilines is 2. The Kier molecular flexibility index (Phi) is 4.78. The molecule has 0 radical (unpaired) electrons. The molecule has 1 unspecified atom stereocenters. The Morgan fingerprint density at radius 3 is 2.70 bits per heavy atom. The van der Waals surface area contributed by atoms with Crippen LogP contribution in [0.5, 0.6) is 0 Å². The third kappa shape index (κ3) is 3.79. The van der Waals surface area contributed by atoms with Crippen molar-refractivity contribution >= 4 is 29.5 Å². The summed E-state index contributed by atoms with van der Waals surface area (Å²) in [5, 5.41) is 2.95. The quantitative estimate of drug-likeness (QED) is 0.832. The predicted octanol–water partition coefficient (Wildman–Crippen LogP) is 3.33. The SMILES string of the molecule is O=C1CC2CN(C(=O)OC=Cc3ccccc3)CCN2c2ccccc2N1. The second kappa shape index (κ2) is 7.53. The van der Waals surface area contributed by atoms with Crippen LogP contribution >= 0.6 is 0 Å². The molecule has 138 valence electrons. The van der Waals surface area contributed by atoms with Crippen molar-refractivity contribution in [2.45, 2.75) is 12.5 Å². The number of para-hydroxylation sites is 2. The molecule has 27 heavy (non-hydrogen) atoms. The first kappa shape index (κ1) is 17.1. The summed E-state index contributed by atoms with van der Waals surface area (Å²) in [6.07, 6.45) is 3.13. The Bertz CT molecular complexity index is 866. The van der Waals surface area contributed by atoms with Crippen molar-refractivity contribution in [3.63, 3.8) is 0 Å². The number of fused-ring (bicyclic) bond motifs is 3. The minimum absolute atomic E-state index is 0.0332. The van der Waals surface area contributed by atoms with E-state index >= 15 is 0 Å². The summed E-state index contributed by atoms with van der Waals surface area (Å²) in [4.78, 5) is 28.5. The zero-order valence-electron chi connectivity index (χ0n) is 14.9. The van der Waals surface area contributed by atoms with Crippen LogP contribution in [-0.2, 0) is 9.53 Å². The van der Waals surface area contributed by atoms with Gasteiger partial charge in [0, 0.05) is 26.1 Å². The van der Waals surface area contributed by atoms with Gasteiger partial charge >= 0.3 is 6.09 Å². The van der Waals surface area contributed by atoms with Crippen LogP contribution in [0.3, 0.4) is 0 Å². The number of nitrogens with one attached hydrogen (secondary N) is 1. The standard InChI is InChI=1S/C21H21N3O3/c25-20-14-17-15-23(21(26)27-13-10-16-6-2-1-3-7-16)11-12-24(17)19-9-5-4-8-18(19)22-20/h1-10,13,17H,11-12,14-15H2,(H,22,25). The first-order chi connectivity index (χ1) is 13.2. The van der Waals surface area contributed by atoms with Crippen LogP contribution in [0.15, 0.2) is 60.9 Å². The van der Waals surface area contributed by atoms with Gasteiger partial charge in [-0.1, -0.05) is 42.5 Å². The summed E-state index contributed by atoms with van der Waals surface area (Å²) in [5.41, 5.74) is 2.80. The number of hydrogen-bond acceptors (Lipinski definition) is 4. The maximum absolute atomic E-state index is 12.4. The maximum Gasteiger partial charge on any atom is 0.414 e. The van der Waals surface area contributed by atoms with E-state index in [2.05, 4.69) is 10.2 Å². The highest BCUT2D eigenvalue weighted by atomic mass is 16.5. The van der Waals surface area contributed by atoms with Gasteiger partial charge in [-0.25, -0.2) is 4.79 Å². The van der Waals surface area contributed by atoms with Crippen molar-refractivity contribution in [1.82, 2.24) is 4.90 Å². The van der Waals surface area contributed by atoms with E-state index in [0.29, 0.717) is 26.1 Å². The lowest BCUT2D eigenvalue weighted by molar-refractivity contribution is -0.116. The predicted molar refractivity (Wildman–Crippen MR) is 104 cm³/mol. The van der Waals surface area contributed by atoms with Crippen molar-refractivity contribution in [1.29, 1.82) is 0 Å². The molecular formula is C21H21N3O3. The lowest BCUT2D eigenvalue weighted by Gasteiger charge is -2.41. The van der Waals surface area contributed by atoms with E-state index < -0.39 is 0 Å². The third-order valence-electron chi connectivity index (χ3n) is 4.88. The Morgan fingerprint density at radius 2 is 1.85 bits per heavy atom. The zero-order valence-corrected chi connectivity index (χ0v) is 14.9. The molecule has 2 amide bonds. The topological polar surface area (TPSA) is 61.9 Å². The van der Waals surface area contributed by atoms with Crippen molar-refractivity contribution in [2.75, 3.05) is 29.9 Å². The van der Waals surface area contributed by atoms with Gasteiger partial charge in [-0.2, -0.15) is 0 Å². The van der Waals surface area contributed by atoms with Gasteiger partial charge in [-0.05, 0) is 23.8 Å². The first-order valence-corrected chi connectivity index (χ1v) is 9.03. The zero-order chi connectivity index (χ0) is 18.6. The van der Waals surface area contributed by atoms with E-state index in [9.17, 15) is 9.59 Å². The number of piperazine rings is 1. The lowest BCUT2D eigenvalue weighted by Crippen LogP contribution is -2.55. The van der Waals surface area contributed by atoms with Gasteiger partial charge in [0.15, 0.2) is 0 Å². The molecule has 2 heterocycles. The second-order valence-electron chi connectivity index (χ2n) is 6.66. The monoisotopic (exact) mass is 363 g/mol. The van der Waals surface area contributed by atoms with E-state index in [1.807, 2.05) is 54.6 Å². The van der Waals surface area contributed by atoms with Crippen LogP contribution in [0, 0.1) is 0 Å². The number of carbonyl (C=O) groups excluding carboxylic acids is 2. The lowest BCUT2D eigenvalue weighted by atomic mass is 10.1. The summed E-state index contributed by atoms with van der Waals surface area (Å²) in [6.45, 7) is 1.67. The van der Waals surface area contributed by atoms with E-state index in [1.165, 1.54) is 6.26 Å². The molecule has 2 aliphatic heterocycles. The molecule has 1 saturated heterocycles. The van der Waals surface area contributed by atoms with Gasteiger partial charge in [0.05, 0.1) is 23.7 Å². The highest BCUT2D eigenvalue weighted by Crippen LogP contribution is 2.32. The van der Waals surface area contributed by atoms with Crippen LogP contribution in [0.4, 0.5) is 16.2 Å². The normalized spacial score (nSPS) is 19.1. The maximum atomic E-state index is 12.4. The van der Waals surface area contributed by atoms with Gasteiger partial charge in [0.25, 0.3) is 0 Å². The van der Waals surface area contributed by atoms with E-state index in [4.69, 9.17) is 4.74 Å². The summed E-state index contributed by atoms with van der Waals surface area (Å²) in [7, 11) is 0. The minimum atomic E-state index is -0.389. The van der Waals surface area contributed by atoms with E-state index in [1.54, 1.807) is 11.0 Å². The number of hydrogen-bond donors (Lipinski definition) is 1. The molecule has 2 aliphatic rings. The van der Waals surface area contributed by atoms with E-state index in [0.717, 1.165) is 16.9 Å². The molecular weight excluding hydrogens is 342 g/mol. The molecule has 1 atom stereocenters. The molecule has 6 heteroatoms. The fourth-order valence-electron chi connectivity index (χ4n) is 3.57. The van der Waals surface area contributed by atoms with Crippen molar-refractivity contribution in [3.05, 3.63) is 66.4 Å². The molecule has 0 spiro atoms. The highest BCUT2D eigenvalue weighted by molar-refractivity contribution is 5.96. The Morgan fingerprint density at radius 1 is 1.07 bits per heavy atom. The molecule has 0 aliphatic carbocycles. The summed E-state index contributed by atoms with van der Waals surface area (Å²) >= 11 is 0. The Balaban J connectivity index is 1.42. The molecule has 2 aromatic carbocycles. The average molecular weight is 363 g/mol. The van der Waals surface area contributed by atoms with Gasteiger partial charge in [-0.15, -0.1) is 0 Å². The van der Waals surface area contributed by atoms with Crippen LogP contribution in [-0.4, -0.2) is 42.6 Å². The minimum Gasteiger partial charge on any atom is -0.418 e. The Labute approximate surface area is 158 Å². The summed E-state index contributed by atoms with van der Waals surface area (Å²) in [5.74, 6) is -0.0332. The largest absolute Gasteiger partial charge is 0.418 e. The number of benzene rings is 2. The number of ether oxygens (including phenoxy) is 1. The summed E-state index contributed by atoms with van der Waals surface area (Å²) in [6, 6.07) is 17.4. The fraction of sp³-hybridized carbons (Fsp3) is 0.238.